The van der Waals surface area contributed by atoms with E-state index in [1.54, 1.807) is 28.5 Å². The maximum Gasteiger partial charge on any atom is 0.337 e. The maximum absolute atomic E-state index is 12.0. The summed E-state index contributed by atoms with van der Waals surface area (Å²) in [5, 5.41) is 12.0. The number of allylic oxidation sites excluding steroid dienone is 2. The van der Waals surface area contributed by atoms with Crippen LogP contribution in [0.3, 0.4) is 0 Å². The number of nitrogens with zero attached hydrogens (tertiary/aromatic N) is 2. The van der Waals surface area contributed by atoms with Gasteiger partial charge in [0, 0.05) is 24.2 Å². The Balaban J connectivity index is 0.000000221. The lowest BCUT2D eigenvalue weighted by atomic mass is 10.2. The third kappa shape index (κ3) is 12.3. The highest BCUT2D eigenvalue weighted by Crippen LogP contribution is 2.44. The Morgan fingerprint density at radius 3 is 2.32 bits per heavy atom. The molecule has 2 heterocycles. The molecule has 6 N–H and O–H groups in total. The number of likely N-dealkylation sites (tertiary alicyclic amines) is 1. The van der Waals surface area contributed by atoms with E-state index in [2.05, 4.69) is 34.1 Å². The number of fused-ring (bicyclic) bond motifs is 1. The number of aromatic amines is 1. The van der Waals surface area contributed by atoms with E-state index in [4.69, 9.17) is 10.8 Å². The van der Waals surface area contributed by atoms with Crippen molar-refractivity contribution in [2.75, 3.05) is 18.4 Å². The van der Waals surface area contributed by atoms with Gasteiger partial charge in [0.1, 0.15) is 6.04 Å². The number of para-hydroxylation sites is 2. The Morgan fingerprint density at radius 2 is 1.73 bits per heavy atom. The molecule has 3 aromatic rings. The number of nitrogens with two attached hydrogens (primary N) is 1. The molecule has 0 radical (unpaired) electrons. The number of carboxylic acid groups (broad SMARTS) is 1. The Morgan fingerprint density at radius 1 is 1.05 bits per heavy atom. The summed E-state index contributed by atoms with van der Waals surface area (Å²) in [7, 11) is -3.47. The zero-order valence-corrected chi connectivity index (χ0v) is 34.4. The van der Waals surface area contributed by atoms with E-state index in [9.17, 15) is 32.4 Å². The fourth-order valence-corrected chi connectivity index (χ4v) is 7.63. The third-order valence-corrected chi connectivity index (χ3v) is 12.2. The molecule has 3 amide bonds. The number of primary amides is 1. The maximum atomic E-state index is 12.0. The van der Waals surface area contributed by atoms with Gasteiger partial charge in [-0.05, 0) is 95.9 Å². The van der Waals surface area contributed by atoms with Crippen LogP contribution in [0.15, 0.2) is 65.5 Å². The fraction of sp³-hybridized carbons (Fsp3) is 0.537. The summed E-state index contributed by atoms with van der Waals surface area (Å²) in [5.74, 6) is -1.77. The number of anilines is 1. The number of nitrogens with one attached hydrogen (secondary N) is 3. The van der Waals surface area contributed by atoms with Crippen molar-refractivity contribution in [3.05, 3.63) is 76.7 Å². The van der Waals surface area contributed by atoms with Gasteiger partial charge in [-0.15, -0.1) is 0 Å². The quantitative estimate of drug-likeness (QED) is 0.0959. The summed E-state index contributed by atoms with van der Waals surface area (Å²) < 4.78 is 27.0. The number of carboxylic acids is 1. The molecular formula is C41H60N6O8S. The first kappa shape index (κ1) is 45.5. The molecule has 1 aliphatic heterocycles. The molecular weight excluding hydrogens is 737 g/mol. The van der Waals surface area contributed by atoms with E-state index < -0.39 is 32.7 Å². The van der Waals surface area contributed by atoms with Crippen LogP contribution in [0, 0.1) is 11.8 Å². The van der Waals surface area contributed by atoms with Gasteiger partial charge in [-0.25, -0.2) is 18.0 Å². The summed E-state index contributed by atoms with van der Waals surface area (Å²) in [6, 6.07) is 13.9. The Labute approximate surface area is 330 Å². The van der Waals surface area contributed by atoms with Crippen LogP contribution in [0.25, 0.3) is 11.0 Å². The van der Waals surface area contributed by atoms with Gasteiger partial charge in [0.2, 0.25) is 27.7 Å². The molecule has 1 aromatic heterocycles. The first-order chi connectivity index (χ1) is 26.6. The van der Waals surface area contributed by atoms with Crippen LogP contribution in [-0.2, 0) is 24.4 Å². The molecule has 0 bridgehead atoms. The molecule has 6 rings (SSSR count). The van der Waals surface area contributed by atoms with Crippen LogP contribution in [0.1, 0.15) is 116 Å². The second-order valence-electron chi connectivity index (χ2n) is 14.6. The van der Waals surface area contributed by atoms with Crippen molar-refractivity contribution in [3.63, 3.8) is 0 Å². The predicted octanol–water partition coefficient (Wildman–Crippen LogP) is 5.97. The van der Waals surface area contributed by atoms with Crippen molar-refractivity contribution >= 4 is 50.4 Å². The Kier molecular flexibility index (Phi) is 16.9. The average molecular weight is 797 g/mol. The van der Waals surface area contributed by atoms with Gasteiger partial charge >= 0.3 is 11.7 Å². The minimum absolute atomic E-state index is 0.00899. The summed E-state index contributed by atoms with van der Waals surface area (Å²) in [5.41, 5.74) is 7.02. The van der Waals surface area contributed by atoms with Crippen molar-refractivity contribution in [1.29, 1.82) is 0 Å². The predicted molar refractivity (Wildman–Crippen MR) is 220 cm³/mol. The number of carbonyl (C=O) groups is 4. The summed E-state index contributed by atoms with van der Waals surface area (Å²) in [6.07, 6.45) is 12.5. The third-order valence-electron chi connectivity index (χ3n) is 9.99. The standard InChI is InChI=1S/C15H25NO3S.C13H17N3O2.C11H12N2O3.C2H6/c1-3-4-5-6-7-8-12-11-13(12)14(17)16-20(18,19)15(2)9-10-15;14-13(18)11-7-4-8-16(11)12(17)9-15-10-5-2-1-3-6-10;1-6(2)13-8-5-3-4-7(10(14)15)9(8)12-11(13)16;1-2/h7-8,12-13H,3-6,9-11H2,1-2H3,(H,16,17);1-3,5-6,11,15H,4,7-9H2,(H2,14,18);3-6H,1-2H3,(H,12,16)(H,14,15);1-2H3/b8-7-;;;. The topological polar surface area (TPSA) is 214 Å². The Bertz CT molecular complexity index is 1980. The molecule has 3 aliphatic rings. The normalized spacial score (nSPS) is 19.1. The van der Waals surface area contributed by atoms with E-state index >= 15 is 0 Å². The summed E-state index contributed by atoms with van der Waals surface area (Å²) in [6.45, 7) is 12.4. The lowest BCUT2D eigenvalue weighted by molar-refractivity contribution is -0.135. The van der Waals surface area contributed by atoms with Crippen molar-refractivity contribution in [3.8, 4) is 0 Å². The molecule has 56 heavy (non-hydrogen) atoms. The van der Waals surface area contributed by atoms with E-state index in [0.717, 1.165) is 24.9 Å². The average Bonchev–Trinajstić information content (AvgIpc) is 4.02. The molecule has 308 valence electrons. The summed E-state index contributed by atoms with van der Waals surface area (Å²) in [4.78, 5) is 61.9. The van der Waals surface area contributed by atoms with Crippen molar-refractivity contribution in [2.24, 2.45) is 17.6 Å². The van der Waals surface area contributed by atoms with Crippen LogP contribution in [0.5, 0.6) is 0 Å². The number of amides is 3. The molecule has 1 saturated heterocycles. The molecule has 15 heteroatoms. The van der Waals surface area contributed by atoms with Crippen molar-refractivity contribution in [2.45, 2.75) is 116 Å². The highest BCUT2D eigenvalue weighted by molar-refractivity contribution is 7.91. The highest BCUT2D eigenvalue weighted by atomic mass is 32.2. The number of aromatic nitrogens is 2. The molecule has 2 aliphatic carbocycles. The van der Waals surface area contributed by atoms with Crippen molar-refractivity contribution in [1.82, 2.24) is 19.2 Å². The monoisotopic (exact) mass is 796 g/mol. The smallest absolute Gasteiger partial charge is 0.337 e. The number of hydrogen-bond donors (Lipinski definition) is 5. The Hall–Kier alpha value is -4.92. The number of carbonyl (C=O) groups excluding carboxylic acids is 3. The van der Waals surface area contributed by atoms with Gasteiger partial charge in [0.25, 0.3) is 0 Å². The van der Waals surface area contributed by atoms with Gasteiger partial charge in [0.05, 0.1) is 27.9 Å². The van der Waals surface area contributed by atoms with E-state index in [1.165, 1.54) is 25.3 Å². The number of unbranched alkanes of at least 4 members (excludes halogenated alkanes) is 3. The fourth-order valence-electron chi connectivity index (χ4n) is 6.32. The zero-order valence-electron chi connectivity index (χ0n) is 33.5. The number of sulfonamides is 1. The number of rotatable bonds is 14. The van der Waals surface area contributed by atoms with E-state index in [0.29, 0.717) is 36.8 Å². The lowest BCUT2D eigenvalue weighted by Gasteiger charge is -2.22. The number of imidazole rings is 1. The first-order valence-electron chi connectivity index (χ1n) is 19.7. The lowest BCUT2D eigenvalue weighted by Crippen LogP contribution is -2.45. The van der Waals surface area contributed by atoms with E-state index in [1.807, 2.05) is 58.0 Å². The largest absolute Gasteiger partial charge is 0.478 e. The van der Waals surface area contributed by atoms with Crippen LogP contribution in [0.4, 0.5) is 5.69 Å². The van der Waals surface area contributed by atoms with Crippen molar-refractivity contribution < 1.29 is 32.7 Å². The minimum Gasteiger partial charge on any atom is -0.478 e. The molecule has 2 aromatic carbocycles. The first-order valence-corrected chi connectivity index (χ1v) is 21.2. The number of benzene rings is 2. The van der Waals surface area contributed by atoms with Crippen LogP contribution in [0.2, 0.25) is 0 Å². The highest BCUT2D eigenvalue weighted by Gasteiger charge is 2.52. The second-order valence-corrected chi connectivity index (χ2v) is 16.8. The second kappa shape index (κ2) is 20.8. The molecule has 3 atom stereocenters. The van der Waals surface area contributed by atoms with Crippen LogP contribution < -0.4 is 21.5 Å². The van der Waals surface area contributed by atoms with Gasteiger partial charge in [-0.2, -0.15) is 0 Å². The van der Waals surface area contributed by atoms with Crippen LogP contribution >= 0.6 is 0 Å². The molecule has 14 nitrogen and oxygen atoms in total. The zero-order chi connectivity index (χ0) is 41.6. The van der Waals surface area contributed by atoms with Gasteiger partial charge in [-0.3, -0.25) is 23.7 Å². The minimum atomic E-state index is -3.47. The summed E-state index contributed by atoms with van der Waals surface area (Å²) >= 11 is 0. The SMILES string of the molecule is CC.CC(C)n1c(=O)[nH]c2c(C(=O)O)cccc21.CCCCC/C=C\C1CC1C(=O)NS(=O)(=O)C1(C)CC1.NC(=O)C1CCCN1C(=O)CNc1ccccc1. The van der Waals surface area contributed by atoms with Crippen LogP contribution in [-0.4, -0.2) is 75.5 Å². The van der Waals surface area contributed by atoms with E-state index in [-0.39, 0.29) is 47.5 Å². The molecule has 0 spiro atoms. The van der Waals surface area contributed by atoms with Gasteiger partial charge in [0.15, 0.2) is 0 Å². The van der Waals surface area contributed by atoms with Gasteiger partial charge < -0.3 is 26.0 Å². The number of hydrogen-bond acceptors (Lipinski definition) is 8. The number of aromatic carboxylic acids is 1. The molecule has 3 fully saturated rings. The molecule has 3 unspecified atom stereocenters. The van der Waals surface area contributed by atoms with Gasteiger partial charge in [-0.1, -0.05) is 70.0 Å². The number of H-pyrrole nitrogens is 1. The molecule has 2 saturated carbocycles.